The van der Waals surface area contributed by atoms with Crippen LogP contribution < -0.4 is 5.46 Å². The zero-order valence-electron chi connectivity index (χ0n) is 18.0. The van der Waals surface area contributed by atoms with Crippen LogP contribution >= 0.6 is 0 Å². The Hall–Kier alpha value is -2.02. The third-order valence-electron chi connectivity index (χ3n) is 4.60. The van der Waals surface area contributed by atoms with E-state index in [-0.39, 0.29) is 6.71 Å². The van der Waals surface area contributed by atoms with Crippen LogP contribution in [0.2, 0.25) is 0 Å². The lowest BCUT2D eigenvalue weighted by molar-refractivity contribution is 0.833. The predicted molar refractivity (Wildman–Crippen MR) is 122 cm³/mol. The Morgan fingerprint density at radius 3 is 1.96 bits per heavy atom. The molecule has 138 valence electrons. The second-order valence-electron chi connectivity index (χ2n) is 7.26. The monoisotopic (exact) mass is 346 g/mol. The van der Waals surface area contributed by atoms with E-state index in [9.17, 15) is 0 Å². The highest BCUT2D eigenvalue weighted by Gasteiger charge is 2.23. The van der Waals surface area contributed by atoms with Crippen molar-refractivity contribution >= 4 is 17.6 Å². The van der Waals surface area contributed by atoms with E-state index in [1.807, 2.05) is 13.8 Å². The van der Waals surface area contributed by atoms with Crippen LogP contribution in [0.3, 0.4) is 0 Å². The van der Waals surface area contributed by atoms with Crippen LogP contribution in [0.15, 0.2) is 55.0 Å². The fourth-order valence-corrected chi connectivity index (χ4v) is 3.50. The SMILES string of the molecule is C=C(B(/C=C\C(C)C)c1c(C)cc(C)cc1C)c1ccccc1C.CC. The van der Waals surface area contributed by atoms with Crippen molar-refractivity contribution in [3.8, 4) is 0 Å². The van der Waals surface area contributed by atoms with Crippen molar-refractivity contribution in [2.24, 2.45) is 5.92 Å². The average molecular weight is 346 g/mol. The summed E-state index contributed by atoms with van der Waals surface area (Å²) in [5.41, 5.74) is 9.14. The van der Waals surface area contributed by atoms with Crippen molar-refractivity contribution in [2.75, 3.05) is 0 Å². The Balaban J connectivity index is 0.00000163. The largest absolute Gasteiger partial charge is 0.234 e. The van der Waals surface area contributed by atoms with E-state index in [2.05, 4.69) is 96.6 Å². The van der Waals surface area contributed by atoms with Crippen LogP contribution in [0.25, 0.3) is 5.47 Å². The Labute approximate surface area is 162 Å². The molecule has 0 aliphatic carbocycles. The maximum absolute atomic E-state index is 4.49. The predicted octanol–water partition coefficient (Wildman–Crippen LogP) is 6.65. The summed E-state index contributed by atoms with van der Waals surface area (Å²) in [5.74, 6) is 2.87. The quantitative estimate of drug-likeness (QED) is 0.532. The van der Waals surface area contributed by atoms with Gasteiger partial charge >= 0.3 is 0 Å². The van der Waals surface area contributed by atoms with E-state index in [0.29, 0.717) is 5.92 Å². The minimum absolute atomic E-state index is 0.217. The molecular formula is C25H35B. The highest BCUT2D eigenvalue weighted by Crippen LogP contribution is 2.22. The van der Waals surface area contributed by atoms with Gasteiger partial charge in [0.15, 0.2) is 0 Å². The molecule has 1 heteroatoms. The van der Waals surface area contributed by atoms with Crippen LogP contribution in [-0.2, 0) is 0 Å². The van der Waals surface area contributed by atoms with Gasteiger partial charge in [-0.05, 0) is 44.7 Å². The molecule has 0 aromatic heterocycles. The summed E-state index contributed by atoms with van der Waals surface area (Å²) >= 11 is 0. The van der Waals surface area contributed by atoms with Gasteiger partial charge in [-0.25, -0.2) is 0 Å². The molecule has 0 amide bonds. The summed E-state index contributed by atoms with van der Waals surface area (Å²) in [7, 11) is 0. The summed E-state index contributed by atoms with van der Waals surface area (Å²) in [5, 5.41) is 0. The first-order chi connectivity index (χ1) is 12.3. The van der Waals surface area contributed by atoms with Gasteiger partial charge in [-0.15, -0.1) is 12.6 Å². The normalized spacial score (nSPS) is 10.7. The first-order valence-corrected chi connectivity index (χ1v) is 9.82. The Kier molecular flexibility index (Phi) is 8.65. The number of allylic oxidation sites excluding steroid dienone is 1. The third-order valence-corrected chi connectivity index (χ3v) is 4.60. The van der Waals surface area contributed by atoms with Crippen LogP contribution in [0.4, 0.5) is 0 Å². The van der Waals surface area contributed by atoms with Crippen molar-refractivity contribution in [1.29, 1.82) is 0 Å². The van der Waals surface area contributed by atoms with E-state index in [1.54, 1.807) is 0 Å². The van der Waals surface area contributed by atoms with Crippen molar-refractivity contribution in [2.45, 2.75) is 55.4 Å². The van der Waals surface area contributed by atoms with E-state index >= 15 is 0 Å². The summed E-state index contributed by atoms with van der Waals surface area (Å²) in [6.07, 6.45) is 2.30. The lowest BCUT2D eigenvalue weighted by Crippen LogP contribution is -2.34. The summed E-state index contributed by atoms with van der Waals surface area (Å²) in [4.78, 5) is 0. The number of hydrogen-bond donors (Lipinski definition) is 0. The van der Waals surface area contributed by atoms with Crippen molar-refractivity contribution in [3.63, 3.8) is 0 Å². The molecule has 0 unspecified atom stereocenters. The molecular weight excluding hydrogens is 311 g/mol. The lowest BCUT2D eigenvalue weighted by Gasteiger charge is -2.21. The molecule has 0 spiro atoms. The standard InChI is InChI=1S/C23H29B.C2H6/c1-16(2)12-13-24(21(7)22-11-9-8-10-18(22)4)23-19(5)14-17(3)15-20(23)6;1-2/h8-16H,7H2,1-6H3;1-2H3/b13-12-;. The fraction of sp³-hybridized carbons (Fsp3) is 0.360. The van der Waals surface area contributed by atoms with Gasteiger partial charge < -0.3 is 0 Å². The fourth-order valence-electron chi connectivity index (χ4n) is 3.50. The number of aryl methyl sites for hydroxylation is 4. The Morgan fingerprint density at radius 2 is 1.46 bits per heavy atom. The molecule has 0 heterocycles. The van der Waals surface area contributed by atoms with Gasteiger partial charge in [0.2, 0.25) is 6.71 Å². The van der Waals surface area contributed by atoms with Gasteiger partial charge in [-0.3, -0.25) is 0 Å². The molecule has 0 N–H and O–H groups in total. The molecule has 0 aliphatic rings. The van der Waals surface area contributed by atoms with Crippen molar-refractivity contribution < 1.29 is 0 Å². The zero-order chi connectivity index (χ0) is 19.9. The van der Waals surface area contributed by atoms with Gasteiger partial charge in [0, 0.05) is 0 Å². The van der Waals surface area contributed by atoms with Gasteiger partial charge in [0.05, 0.1) is 0 Å². The summed E-state index contributed by atoms with van der Waals surface area (Å²) < 4.78 is 0. The highest BCUT2D eigenvalue weighted by atomic mass is 14.1. The smallest absolute Gasteiger partial charge is 0.109 e. The Bertz CT molecular complexity index is 742. The van der Waals surface area contributed by atoms with Crippen LogP contribution in [-0.4, -0.2) is 6.71 Å². The molecule has 0 fully saturated rings. The number of rotatable bonds is 5. The molecule has 0 saturated heterocycles. The molecule has 2 aromatic carbocycles. The molecule has 0 aliphatic heterocycles. The van der Waals surface area contributed by atoms with Crippen LogP contribution in [0.5, 0.6) is 0 Å². The maximum Gasteiger partial charge on any atom is 0.234 e. The second kappa shape index (κ2) is 10.2. The van der Waals surface area contributed by atoms with E-state index in [0.717, 1.165) is 0 Å². The number of hydrogen-bond acceptors (Lipinski definition) is 0. The van der Waals surface area contributed by atoms with E-state index in [1.165, 1.54) is 38.8 Å². The van der Waals surface area contributed by atoms with Gasteiger partial charge in [0.1, 0.15) is 0 Å². The molecule has 26 heavy (non-hydrogen) atoms. The second-order valence-corrected chi connectivity index (χ2v) is 7.26. The number of benzene rings is 2. The topological polar surface area (TPSA) is 0 Å². The average Bonchev–Trinajstić information content (AvgIpc) is 2.58. The minimum atomic E-state index is 0.217. The van der Waals surface area contributed by atoms with Crippen molar-refractivity contribution in [3.05, 3.63) is 82.8 Å². The minimum Gasteiger partial charge on any atom is -0.109 e. The third kappa shape index (κ3) is 5.49. The molecule has 0 bridgehead atoms. The molecule has 0 radical (unpaired) electrons. The first-order valence-electron chi connectivity index (χ1n) is 9.82. The molecule has 0 atom stereocenters. The van der Waals surface area contributed by atoms with Gasteiger partial charge in [-0.1, -0.05) is 97.8 Å². The first kappa shape index (κ1) is 22.0. The van der Waals surface area contributed by atoms with E-state index in [4.69, 9.17) is 0 Å². The summed E-state index contributed by atoms with van der Waals surface area (Å²) in [6.45, 7) is 21.9. The van der Waals surface area contributed by atoms with Gasteiger partial charge in [0.25, 0.3) is 0 Å². The highest BCUT2D eigenvalue weighted by molar-refractivity contribution is 6.94. The molecule has 2 rings (SSSR count). The zero-order valence-corrected chi connectivity index (χ0v) is 18.0. The van der Waals surface area contributed by atoms with Crippen LogP contribution in [0, 0.1) is 33.6 Å². The Morgan fingerprint density at radius 1 is 0.923 bits per heavy atom. The molecule has 2 aromatic rings. The molecule has 0 saturated carbocycles. The van der Waals surface area contributed by atoms with E-state index < -0.39 is 0 Å². The van der Waals surface area contributed by atoms with Gasteiger partial charge in [-0.2, -0.15) is 0 Å². The summed E-state index contributed by atoms with van der Waals surface area (Å²) in [6, 6.07) is 13.1. The maximum atomic E-state index is 4.49. The molecule has 0 nitrogen and oxygen atoms in total. The van der Waals surface area contributed by atoms with Crippen molar-refractivity contribution in [1.82, 2.24) is 0 Å². The lowest BCUT2D eigenvalue weighted by atomic mass is 9.37. The van der Waals surface area contributed by atoms with Crippen LogP contribution in [0.1, 0.15) is 55.5 Å².